The van der Waals surface area contributed by atoms with Gasteiger partial charge in [-0.25, -0.2) is 0 Å². The fourth-order valence-corrected chi connectivity index (χ4v) is 1.07. The zero-order valence-electron chi connectivity index (χ0n) is 8.17. The fraction of sp³-hybridized carbons (Fsp3) is 0.167. The van der Waals surface area contributed by atoms with E-state index in [1.807, 2.05) is 31.2 Å². The predicted octanol–water partition coefficient (Wildman–Crippen LogP) is 3.50. The van der Waals surface area contributed by atoms with Gasteiger partial charge in [-0.15, -0.1) is 0 Å². The molecule has 0 atom stereocenters. The Hall–Kier alpha value is -1.50. The van der Waals surface area contributed by atoms with Gasteiger partial charge in [0.25, 0.3) is 0 Å². The van der Waals surface area contributed by atoms with Crippen molar-refractivity contribution in [1.82, 2.24) is 0 Å². The zero-order chi connectivity index (χ0) is 9.68. The highest BCUT2D eigenvalue weighted by Gasteiger charge is 1.90. The van der Waals surface area contributed by atoms with Crippen LogP contribution in [0.4, 0.5) is 5.69 Å². The van der Waals surface area contributed by atoms with Crippen LogP contribution in [0.5, 0.6) is 0 Å². The molecule has 0 spiro atoms. The maximum atomic E-state index is 3.86. The van der Waals surface area contributed by atoms with Crippen LogP contribution in [0.3, 0.4) is 0 Å². The van der Waals surface area contributed by atoms with Gasteiger partial charge in [0.1, 0.15) is 0 Å². The highest BCUT2D eigenvalue weighted by atomic mass is 14.9. The first-order valence-corrected chi connectivity index (χ1v) is 4.37. The van der Waals surface area contributed by atoms with E-state index in [1.54, 1.807) is 0 Å². The molecule has 1 heteroatoms. The minimum Gasteiger partial charge on any atom is -0.356 e. The largest absolute Gasteiger partial charge is 0.356 e. The Morgan fingerprint density at radius 3 is 2.46 bits per heavy atom. The van der Waals surface area contributed by atoms with Gasteiger partial charge in [-0.05, 0) is 32.1 Å². The molecule has 0 saturated heterocycles. The molecule has 0 aromatic heterocycles. The lowest BCUT2D eigenvalue weighted by Crippen LogP contribution is -1.94. The van der Waals surface area contributed by atoms with Crippen LogP contribution in [0.25, 0.3) is 0 Å². The molecule has 0 aliphatic heterocycles. The average Bonchev–Trinajstić information content (AvgIpc) is 2.09. The Balaban J connectivity index is 2.64. The molecular weight excluding hydrogens is 158 g/mol. The highest BCUT2D eigenvalue weighted by molar-refractivity contribution is 5.50. The molecule has 0 fully saturated rings. The Morgan fingerprint density at radius 1 is 1.31 bits per heavy atom. The van der Waals surface area contributed by atoms with E-state index in [2.05, 4.69) is 31.0 Å². The zero-order valence-corrected chi connectivity index (χ0v) is 8.17. The molecule has 13 heavy (non-hydrogen) atoms. The molecule has 1 aromatic rings. The molecule has 0 unspecified atom stereocenters. The average molecular weight is 173 g/mol. The smallest absolute Gasteiger partial charge is 0.0384 e. The van der Waals surface area contributed by atoms with Crippen molar-refractivity contribution in [2.24, 2.45) is 0 Å². The van der Waals surface area contributed by atoms with E-state index in [0.717, 1.165) is 11.4 Å². The van der Waals surface area contributed by atoms with Gasteiger partial charge in [0.15, 0.2) is 0 Å². The molecule has 1 nitrogen and oxygen atoms in total. The van der Waals surface area contributed by atoms with Crippen molar-refractivity contribution in [1.29, 1.82) is 0 Å². The van der Waals surface area contributed by atoms with Crippen LogP contribution in [0, 0.1) is 6.92 Å². The quantitative estimate of drug-likeness (QED) is 0.690. The minimum absolute atomic E-state index is 0.909. The summed E-state index contributed by atoms with van der Waals surface area (Å²) >= 11 is 0. The molecule has 0 bridgehead atoms. The molecular formula is C12H15N. The van der Waals surface area contributed by atoms with Crippen molar-refractivity contribution in [2.45, 2.75) is 13.8 Å². The van der Waals surface area contributed by atoms with Crippen molar-refractivity contribution >= 4 is 5.69 Å². The van der Waals surface area contributed by atoms with Gasteiger partial charge < -0.3 is 5.32 Å². The normalized spacial score (nSPS) is 10.3. The number of benzene rings is 1. The summed E-state index contributed by atoms with van der Waals surface area (Å²) in [7, 11) is 0. The topological polar surface area (TPSA) is 12.0 Å². The first-order valence-electron chi connectivity index (χ1n) is 4.37. The monoisotopic (exact) mass is 173 g/mol. The minimum atomic E-state index is 0.909. The second kappa shape index (κ2) is 4.51. The summed E-state index contributed by atoms with van der Waals surface area (Å²) in [6, 6.07) is 8.24. The molecule has 0 radical (unpaired) electrons. The van der Waals surface area contributed by atoms with Crippen LogP contribution in [-0.4, -0.2) is 0 Å². The Labute approximate surface area is 79.8 Å². The van der Waals surface area contributed by atoms with E-state index in [9.17, 15) is 0 Å². The van der Waals surface area contributed by atoms with Gasteiger partial charge in [0.05, 0.1) is 0 Å². The van der Waals surface area contributed by atoms with Crippen molar-refractivity contribution in [3.05, 3.63) is 54.3 Å². The molecule has 1 rings (SSSR count). The van der Waals surface area contributed by atoms with Crippen LogP contribution in [-0.2, 0) is 0 Å². The van der Waals surface area contributed by atoms with Crippen molar-refractivity contribution in [2.75, 3.05) is 5.32 Å². The van der Waals surface area contributed by atoms with E-state index in [1.165, 1.54) is 5.56 Å². The molecule has 0 amide bonds. The second-order valence-electron chi connectivity index (χ2n) is 3.02. The lowest BCUT2D eigenvalue weighted by atomic mass is 10.2. The number of allylic oxidation sites excluding steroid dienone is 2. The lowest BCUT2D eigenvalue weighted by Gasteiger charge is -2.05. The maximum Gasteiger partial charge on any atom is 0.0384 e. The summed E-state index contributed by atoms with van der Waals surface area (Å²) in [5.74, 6) is 0. The molecule has 0 aliphatic carbocycles. The Kier molecular flexibility index (Phi) is 3.32. The third-order valence-electron chi connectivity index (χ3n) is 1.72. The molecule has 68 valence electrons. The van der Waals surface area contributed by atoms with Gasteiger partial charge >= 0.3 is 0 Å². The number of rotatable bonds is 3. The van der Waals surface area contributed by atoms with Crippen LogP contribution in [0.15, 0.2) is 48.7 Å². The van der Waals surface area contributed by atoms with E-state index in [-0.39, 0.29) is 0 Å². The van der Waals surface area contributed by atoms with Crippen molar-refractivity contribution in [3.8, 4) is 0 Å². The maximum absolute atomic E-state index is 3.86. The summed E-state index contributed by atoms with van der Waals surface area (Å²) < 4.78 is 0. The van der Waals surface area contributed by atoms with Gasteiger partial charge in [-0.1, -0.05) is 30.4 Å². The lowest BCUT2D eigenvalue weighted by molar-refractivity contribution is 1.43. The third kappa shape index (κ3) is 3.16. The number of anilines is 1. The summed E-state index contributed by atoms with van der Waals surface area (Å²) in [6.07, 6.45) is 3.91. The van der Waals surface area contributed by atoms with Gasteiger partial charge in [-0.3, -0.25) is 0 Å². The molecule has 0 aliphatic rings. The molecule has 1 aromatic carbocycles. The van der Waals surface area contributed by atoms with Crippen LogP contribution >= 0.6 is 0 Å². The van der Waals surface area contributed by atoms with Crippen LogP contribution in [0.2, 0.25) is 0 Å². The number of hydrogen-bond donors (Lipinski definition) is 1. The van der Waals surface area contributed by atoms with Crippen molar-refractivity contribution < 1.29 is 0 Å². The standard InChI is InChI=1S/C12H15N/c1-4-5-11(3)13-12-8-6-10(2)7-9-12/h4-9,13H,3H2,1-2H3/b5-4+. The highest BCUT2D eigenvalue weighted by Crippen LogP contribution is 2.10. The van der Waals surface area contributed by atoms with Gasteiger partial charge in [0, 0.05) is 11.4 Å². The predicted molar refractivity (Wildman–Crippen MR) is 58.8 cm³/mol. The second-order valence-corrected chi connectivity index (χ2v) is 3.02. The molecule has 1 N–H and O–H groups in total. The van der Waals surface area contributed by atoms with Crippen LogP contribution < -0.4 is 5.32 Å². The first kappa shape index (κ1) is 9.59. The fourth-order valence-electron chi connectivity index (χ4n) is 1.07. The summed E-state index contributed by atoms with van der Waals surface area (Å²) in [4.78, 5) is 0. The summed E-state index contributed by atoms with van der Waals surface area (Å²) in [5.41, 5.74) is 3.25. The molecule has 0 heterocycles. The number of hydrogen-bond acceptors (Lipinski definition) is 1. The van der Waals surface area contributed by atoms with Gasteiger partial charge in [-0.2, -0.15) is 0 Å². The number of aryl methyl sites for hydroxylation is 1. The van der Waals surface area contributed by atoms with Gasteiger partial charge in [0.2, 0.25) is 0 Å². The number of nitrogens with one attached hydrogen (secondary N) is 1. The van der Waals surface area contributed by atoms with E-state index >= 15 is 0 Å². The van der Waals surface area contributed by atoms with E-state index < -0.39 is 0 Å². The Bertz CT molecular complexity index is 306. The first-order chi connectivity index (χ1) is 6.22. The summed E-state index contributed by atoms with van der Waals surface area (Å²) in [5, 5.41) is 3.19. The third-order valence-corrected chi connectivity index (χ3v) is 1.72. The van der Waals surface area contributed by atoms with Crippen LogP contribution in [0.1, 0.15) is 12.5 Å². The van der Waals surface area contributed by atoms with Crippen molar-refractivity contribution in [3.63, 3.8) is 0 Å². The van der Waals surface area contributed by atoms with E-state index in [0.29, 0.717) is 0 Å². The van der Waals surface area contributed by atoms with E-state index in [4.69, 9.17) is 0 Å². The summed E-state index contributed by atoms with van der Waals surface area (Å²) in [6.45, 7) is 7.91. The Morgan fingerprint density at radius 2 is 1.92 bits per heavy atom. The SMILES string of the molecule is C=C(/C=C/C)Nc1ccc(C)cc1. The molecule has 0 saturated carbocycles.